The highest BCUT2D eigenvalue weighted by atomic mass is 16.6. The summed E-state index contributed by atoms with van der Waals surface area (Å²) in [4.78, 5) is 53.6. The summed E-state index contributed by atoms with van der Waals surface area (Å²) in [6, 6.07) is 8.90. The van der Waals surface area contributed by atoms with Crippen LogP contribution < -0.4 is 21.1 Å². The monoisotopic (exact) mass is 554 g/mol. The molecule has 0 heterocycles. The van der Waals surface area contributed by atoms with Gasteiger partial charge in [-0.15, -0.1) is 0 Å². The molecule has 1 aliphatic carbocycles. The molecule has 0 spiro atoms. The van der Waals surface area contributed by atoms with Crippen molar-refractivity contribution in [3.63, 3.8) is 0 Å². The van der Waals surface area contributed by atoms with Crippen molar-refractivity contribution in [2.75, 3.05) is 12.4 Å². The highest BCUT2D eigenvalue weighted by molar-refractivity contribution is 5.99. The van der Waals surface area contributed by atoms with Crippen LogP contribution in [0, 0.1) is 6.92 Å². The Hall–Kier alpha value is -4.28. The van der Waals surface area contributed by atoms with Gasteiger partial charge in [-0.25, -0.2) is 4.79 Å². The van der Waals surface area contributed by atoms with Gasteiger partial charge in [-0.3, -0.25) is 14.4 Å². The second-order valence-electron chi connectivity index (χ2n) is 10.8. The Morgan fingerprint density at radius 3 is 2.30 bits per heavy atom. The zero-order chi connectivity index (χ0) is 29.6. The maximum absolute atomic E-state index is 14.1. The molecule has 5 N–H and O–H groups in total. The molecule has 2 aromatic carbocycles. The summed E-state index contributed by atoms with van der Waals surface area (Å²) < 4.78 is 10.5. The predicted molar refractivity (Wildman–Crippen MR) is 149 cm³/mol. The summed E-state index contributed by atoms with van der Waals surface area (Å²) in [6.07, 6.45) is 0.134. The van der Waals surface area contributed by atoms with Crippen LogP contribution in [0.1, 0.15) is 63.6 Å². The van der Waals surface area contributed by atoms with Crippen LogP contribution in [0.3, 0.4) is 0 Å². The average molecular weight is 555 g/mol. The average Bonchev–Trinajstić information content (AvgIpc) is 3.71. The fraction of sp³-hybridized carbons (Fsp3) is 0.448. The number of phenols is 1. The van der Waals surface area contributed by atoms with Crippen LogP contribution in [0.2, 0.25) is 0 Å². The number of carbonyl (C=O) groups excluding carboxylic acids is 4. The highest BCUT2D eigenvalue weighted by Crippen LogP contribution is 2.40. The smallest absolute Gasteiger partial charge is 0.408 e. The van der Waals surface area contributed by atoms with Crippen molar-refractivity contribution in [2.24, 2.45) is 5.73 Å². The third kappa shape index (κ3) is 8.11. The fourth-order valence-corrected chi connectivity index (χ4v) is 4.25. The molecule has 40 heavy (non-hydrogen) atoms. The number of phenolic OH excluding ortho intramolecular Hbond substituents is 1. The number of methoxy groups -OCH3 is 1. The van der Waals surface area contributed by atoms with Crippen LogP contribution in [0.25, 0.3) is 0 Å². The van der Waals surface area contributed by atoms with Crippen molar-refractivity contribution in [2.45, 2.75) is 77.1 Å². The summed E-state index contributed by atoms with van der Waals surface area (Å²) in [7, 11) is 1.53. The van der Waals surface area contributed by atoms with E-state index in [1.807, 2.05) is 0 Å². The molecule has 0 aromatic heterocycles. The molecular formula is C29H38N4O7. The molecule has 0 bridgehead atoms. The van der Waals surface area contributed by atoms with Gasteiger partial charge in [0.1, 0.15) is 29.2 Å². The van der Waals surface area contributed by atoms with Crippen LogP contribution in [0.5, 0.6) is 11.5 Å². The summed E-state index contributed by atoms with van der Waals surface area (Å²) in [5, 5.41) is 16.4. The summed E-state index contributed by atoms with van der Waals surface area (Å²) in [5.74, 6) is -1.31. The van der Waals surface area contributed by atoms with Crippen LogP contribution in [0.4, 0.5) is 10.5 Å². The number of alkyl carbamates (subject to hydrolysis) is 1. The Labute approximate surface area is 234 Å². The number of carbonyl (C=O) groups is 4. The number of benzene rings is 2. The number of anilines is 1. The van der Waals surface area contributed by atoms with E-state index in [1.54, 1.807) is 70.2 Å². The van der Waals surface area contributed by atoms with Crippen molar-refractivity contribution in [1.29, 1.82) is 0 Å². The maximum Gasteiger partial charge on any atom is 0.408 e. The minimum Gasteiger partial charge on any atom is -0.507 e. The Bertz CT molecular complexity index is 1240. The summed E-state index contributed by atoms with van der Waals surface area (Å²) in [6.45, 7) is 6.75. The molecule has 0 saturated heterocycles. The number of nitrogens with zero attached hydrogens (tertiary/aromatic N) is 1. The number of amides is 4. The molecule has 216 valence electrons. The molecule has 1 aliphatic rings. The van der Waals surface area contributed by atoms with E-state index in [2.05, 4.69) is 10.6 Å². The van der Waals surface area contributed by atoms with Gasteiger partial charge in [0.2, 0.25) is 11.8 Å². The van der Waals surface area contributed by atoms with Gasteiger partial charge in [0.15, 0.2) is 0 Å². The first-order chi connectivity index (χ1) is 18.8. The Morgan fingerprint density at radius 1 is 1.10 bits per heavy atom. The third-order valence-electron chi connectivity index (χ3n) is 6.31. The normalized spacial score (nSPS) is 14.4. The molecule has 1 fully saturated rings. The predicted octanol–water partition coefficient (Wildman–Crippen LogP) is 3.54. The molecule has 11 heteroatoms. The van der Waals surface area contributed by atoms with Crippen LogP contribution >= 0.6 is 0 Å². The maximum atomic E-state index is 14.1. The lowest BCUT2D eigenvalue weighted by molar-refractivity contribution is -0.141. The van der Waals surface area contributed by atoms with E-state index in [4.69, 9.17) is 15.2 Å². The second-order valence-corrected chi connectivity index (χ2v) is 10.8. The van der Waals surface area contributed by atoms with Crippen molar-refractivity contribution in [3.05, 3.63) is 53.6 Å². The van der Waals surface area contributed by atoms with Gasteiger partial charge in [-0.2, -0.15) is 0 Å². The summed E-state index contributed by atoms with van der Waals surface area (Å²) in [5.41, 5.74) is 5.75. The number of hydrogen-bond donors (Lipinski definition) is 4. The Morgan fingerprint density at radius 2 is 1.75 bits per heavy atom. The first-order valence-corrected chi connectivity index (χ1v) is 13.1. The number of primary amides is 1. The number of hydrogen-bond acceptors (Lipinski definition) is 7. The third-order valence-corrected chi connectivity index (χ3v) is 6.31. The quantitative estimate of drug-likeness (QED) is 0.330. The molecule has 2 aromatic rings. The van der Waals surface area contributed by atoms with E-state index >= 15 is 0 Å². The summed E-state index contributed by atoms with van der Waals surface area (Å²) >= 11 is 0. The lowest BCUT2D eigenvalue weighted by Crippen LogP contribution is -2.53. The number of aromatic hydroxyl groups is 1. The largest absolute Gasteiger partial charge is 0.507 e. The van der Waals surface area contributed by atoms with E-state index in [0.29, 0.717) is 29.8 Å². The minimum absolute atomic E-state index is 0.0940. The van der Waals surface area contributed by atoms with Gasteiger partial charge in [0.05, 0.1) is 7.11 Å². The van der Waals surface area contributed by atoms with Crippen molar-refractivity contribution in [1.82, 2.24) is 10.2 Å². The number of nitrogens with two attached hydrogens (primary N) is 1. The van der Waals surface area contributed by atoms with Crippen LogP contribution in [-0.2, 0) is 19.1 Å². The number of ether oxygens (including phenoxy) is 2. The topological polar surface area (TPSA) is 160 Å². The molecule has 0 aliphatic heterocycles. The van der Waals surface area contributed by atoms with Gasteiger partial charge in [-0.1, -0.05) is 18.2 Å². The van der Waals surface area contributed by atoms with Gasteiger partial charge in [-0.05, 0) is 76.8 Å². The molecular weight excluding hydrogens is 516 g/mol. The lowest BCUT2D eigenvalue weighted by atomic mass is 9.98. The van der Waals surface area contributed by atoms with Gasteiger partial charge in [0.25, 0.3) is 5.91 Å². The number of nitrogens with one attached hydrogen (secondary N) is 2. The number of aryl methyl sites for hydroxylation is 1. The van der Waals surface area contributed by atoms with Gasteiger partial charge >= 0.3 is 6.09 Å². The first-order valence-electron chi connectivity index (χ1n) is 13.1. The van der Waals surface area contributed by atoms with E-state index in [0.717, 1.165) is 0 Å². The highest BCUT2D eigenvalue weighted by Gasteiger charge is 2.45. The molecule has 2 unspecified atom stereocenters. The first kappa shape index (κ1) is 30.3. The number of para-hydroxylation sites is 1. The van der Waals surface area contributed by atoms with Crippen LogP contribution in [0.15, 0.2) is 42.5 Å². The van der Waals surface area contributed by atoms with Crippen molar-refractivity contribution < 1.29 is 33.8 Å². The van der Waals surface area contributed by atoms with Crippen LogP contribution in [-0.4, -0.2) is 58.6 Å². The van der Waals surface area contributed by atoms with Gasteiger partial charge < -0.3 is 35.8 Å². The molecule has 11 nitrogen and oxygen atoms in total. The lowest BCUT2D eigenvalue weighted by Gasteiger charge is -2.35. The zero-order valence-corrected chi connectivity index (χ0v) is 23.5. The van der Waals surface area contributed by atoms with E-state index in [9.17, 15) is 24.3 Å². The fourth-order valence-electron chi connectivity index (χ4n) is 4.25. The van der Waals surface area contributed by atoms with Gasteiger partial charge in [0, 0.05) is 23.7 Å². The van der Waals surface area contributed by atoms with E-state index in [1.165, 1.54) is 12.0 Å². The minimum atomic E-state index is -1.24. The number of rotatable bonds is 11. The SMILES string of the molecule is COc1ccc(NC(=O)C(c2cccc(C)c2O)N(C(=O)C(CCC(N)=O)NC(=O)OC(C)(C)C)C2CC2)cc1. The molecule has 3 rings (SSSR count). The van der Waals surface area contributed by atoms with E-state index < -0.39 is 41.5 Å². The Kier molecular flexibility index (Phi) is 9.62. The molecule has 1 saturated carbocycles. The standard InChI is InChI=1S/C29H38N4O7/c1-17-7-6-8-21(25(17)35)24(26(36)31-18-9-13-20(39-5)14-10-18)33(19-11-12-19)27(37)22(15-16-23(30)34)32-28(38)40-29(2,3)4/h6-10,13-14,19,22,24,35H,11-12,15-16H2,1-5H3,(H2,30,34)(H,31,36)(H,32,38). The molecule has 4 amide bonds. The Balaban J connectivity index is 2.02. The molecule has 2 atom stereocenters. The van der Waals surface area contributed by atoms with E-state index in [-0.39, 0.29) is 30.2 Å². The zero-order valence-electron chi connectivity index (χ0n) is 23.5. The molecule has 0 radical (unpaired) electrons. The van der Waals surface area contributed by atoms with Crippen molar-refractivity contribution >= 4 is 29.5 Å². The second kappa shape index (κ2) is 12.7. The van der Waals surface area contributed by atoms with Crippen molar-refractivity contribution in [3.8, 4) is 11.5 Å².